The van der Waals surface area contributed by atoms with Gasteiger partial charge in [-0.1, -0.05) is 24.3 Å². The molecule has 3 aromatic rings. The molecule has 0 saturated carbocycles. The Bertz CT molecular complexity index is 899. The van der Waals surface area contributed by atoms with E-state index in [1.165, 1.54) is 0 Å². The lowest BCUT2D eigenvalue weighted by atomic mass is 10.1. The molecule has 1 aromatic carbocycles. The molecule has 6 nitrogen and oxygen atoms in total. The maximum Gasteiger partial charge on any atom is 0.244 e. The summed E-state index contributed by atoms with van der Waals surface area (Å²) in [5.41, 5.74) is 4.48. The van der Waals surface area contributed by atoms with Gasteiger partial charge < -0.3 is 5.32 Å². The quantitative estimate of drug-likeness (QED) is 0.728. The fourth-order valence-electron chi connectivity index (χ4n) is 2.40. The molecular weight excluding hydrogens is 314 g/mol. The molecule has 0 bridgehead atoms. The van der Waals surface area contributed by atoms with E-state index in [1.54, 1.807) is 29.3 Å². The van der Waals surface area contributed by atoms with E-state index < -0.39 is 0 Å². The highest BCUT2D eigenvalue weighted by molar-refractivity contribution is 5.91. The minimum atomic E-state index is -0.148. The van der Waals surface area contributed by atoms with Crippen molar-refractivity contribution in [2.75, 3.05) is 0 Å². The van der Waals surface area contributed by atoms with Gasteiger partial charge in [-0.05, 0) is 30.2 Å². The summed E-state index contributed by atoms with van der Waals surface area (Å²) < 4.78 is 1.73. The molecule has 2 heterocycles. The Hall–Kier alpha value is -3.28. The van der Waals surface area contributed by atoms with Crippen molar-refractivity contribution >= 4 is 12.0 Å². The van der Waals surface area contributed by atoms with E-state index in [4.69, 9.17) is 0 Å². The molecule has 0 radical (unpaired) electrons. The van der Waals surface area contributed by atoms with Crippen molar-refractivity contribution in [3.8, 4) is 11.4 Å². The predicted molar refractivity (Wildman–Crippen MR) is 96.3 cm³/mol. The van der Waals surface area contributed by atoms with Gasteiger partial charge in [-0.3, -0.25) is 19.4 Å². The molecule has 6 heteroatoms. The summed E-state index contributed by atoms with van der Waals surface area (Å²) in [6.45, 7) is 2.40. The third-order valence-electron chi connectivity index (χ3n) is 3.85. The van der Waals surface area contributed by atoms with Crippen molar-refractivity contribution in [3.05, 3.63) is 71.8 Å². The van der Waals surface area contributed by atoms with Gasteiger partial charge >= 0.3 is 0 Å². The molecule has 0 saturated heterocycles. The molecule has 0 aliphatic carbocycles. The fraction of sp³-hybridized carbons (Fsp3) is 0.158. The Morgan fingerprint density at radius 1 is 1.24 bits per heavy atom. The van der Waals surface area contributed by atoms with Crippen LogP contribution in [0.3, 0.4) is 0 Å². The molecule has 126 valence electrons. The van der Waals surface area contributed by atoms with E-state index >= 15 is 0 Å². The van der Waals surface area contributed by atoms with Gasteiger partial charge in [0.25, 0.3) is 0 Å². The van der Waals surface area contributed by atoms with E-state index in [1.807, 2.05) is 50.4 Å². The minimum Gasteiger partial charge on any atom is -0.347 e. The van der Waals surface area contributed by atoms with Crippen LogP contribution >= 0.6 is 0 Å². The smallest absolute Gasteiger partial charge is 0.244 e. The first-order chi connectivity index (χ1) is 12.1. The number of nitrogens with one attached hydrogen (secondary N) is 1. The van der Waals surface area contributed by atoms with E-state index in [0.717, 1.165) is 22.5 Å². The van der Waals surface area contributed by atoms with Crippen LogP contribution in [0.1, 0.15) is 16.8 Å². The predicted octanol–water partition coefficient (Wildman–Crippen LogP) is 2.52. The lowest BCUT2D eigenvalue weighted by Crippen LogP contribution is -2.21. The van der Waals surface area contributed by atoms with Crippen molar-refractivity contribution < 1.29 is 4.79 Å². The average Bonchev–Trinajstić information content (AvgIpc) is 3.01. The van der Waals surface area contributed by atoms with Crippen molar-refractivity contribution in [3.63, 3.8) is 0 Å². The van der Waals surface area contributed by atoms with Crippen molar-refractivity contribution in [1.82, 2.24) is 25.1 Å². The van der Waals surface area contributed by atoms with Crippen LogP contribution in [0.15, 0.2) is 55.0 Å². The second-order valence-corrected chi connectivity index (χ2v) is 5.64. The lowest BCUT2D eigenvalue weighted by molar-refractivity contribution is -0.116. The van der Waals surface area contributed by atoms with Gasteiger partial charge in [-0.25, -0.2) is 0 Å². The number of benzene rings is 1. The normalized spacial score (nSPS) is 11.0. The number of rotatable bonds is 5. The first kappa shape index (κ1) is 16.6. The zero-order valence-corrected chi connectivity index (χ0v) is 14.2. The zero-order valence-electron chi connectivity index (χ0n) is 14.2. The number of hydrogen-bond acceptors (Lipinski definition) is 4. The summed E-state index contributed by atoms with van der Waals surface area (Å²) in [4.78, 5) is 20.3. The largest absolute Gasteiger partial charge is 0.347 e. The average molecular weight is 333 g/mol. The maximum absolute atomic E-state index is 12.0. The standard InChI is InChI=1S/C19H19N5O/c1-14-5-3-4-6-15(14)7-8-19(25)22-12-16-11-17(23-24(16)2)18-13-20-9-10-21-18/h3-11,13H,12H2,1-2H3,(H,22,25). The molecule has 25 heavy (non-hydrogen) atoms. The molecule has 0 aliphatic heterocycles. The Morgan fingerprint density at radius 3 is 2.84 bits per heavy atom. The van der Waals surface area contributed by atoms with E-state index in [9.17, 15) is 4.79 Å². The molecule has 0 fully saturated rings. The van der Waals surface area contributed by atoms with Crippen LogP contribution < -0.4 is 5.32 Å². The summed E-state index contributed by atoms with van der Waals surface area (Å²) in [6, 6.07) is 9.82. The van der Waals surface area contributed by atoms with E-state index in [0.29, 0.717) is 12.2 Å². The number of carbonyl (C=O) groups is 1. The summed E-state index contributed by atoms with van der Waals surface area (Å²) in [5, 5.41) is 7.28. The Labute approximate surface area is 146 Å². The summed E-state index contributed by atoms with van der Waals surface area (Å²) in [6.07, 6.45) is 8.27. The Kier molecular flexibility index (Phi) is 4.99. The van der Waals surface area contributed by atoms with Crippen molar-refractivity contribution in [2.24, 2.45) is 7.05 Å². The highest BCUT2D eigenvalue weighted by atomic mass is 16.1. The molecular formula is C19H19N5O. The van der Waals surface area contributed by atoms with Gasteiger partial charge in [0, 0.05) is 25.5 Å². The topological polar surface area (TPSA) is 72.7 Å². The Balaban J connectivity index is 1.63. The van der Waals surface area contributed by atoms with Gasteiger partial charge in [0.1, 0.15) is 11.4 Å². The van der Waals surface area contributed by atoms with Crippen molar-refractivity contribution in [1.29, 1.82) is 0 Å². The highest BCUT2D eigenvalue weighted by Crippen LogP contribution is 2.15. The van der Waals surface area contributed by atoms with Crippen LogP contribution in [-0.2, 0) is 18.4 Å². The molecule has 0 unspecified atom stereocenters. The zero-order chi connectivity index (χ0) is 17.6. The molecule has 0 atom stereocenters. The second kappa shape index (κ2) is 7.53. The maximum atomic E-state index is 12.0. The highest BCUT2D eigenvalue weighted by Gasteiger charge is 2.09. The van der Waals surface area contributed by atoms with Gasteiger partial charge in [-0.2, -0.15) is 5.10 Å². The molecule has 0 spiro atoms. The number of amides is 1. The number of aromatic nitrogens is 4. The van der Waals surface area contributed by atoms with E-state index in [-0.39, 0.29) is 5.91 Å². The number of hydrogen-bond donors (Lipinski definition) is 1. The SMILES string of the molecule is Cc1ccccc1C=CC(=O)NCc1cc(-c2cnccn2)nn1C. The first-order valence-electron chi connectivity index (χ1n) is 7.94. The first-order valence-corrected chi connectivity index (χ1v) is 7.94. The molecule has 0 aliphatic rings. The summed E-state index contributed by atoms with van der Waals surface area (Å²) in [5.74, 6) is -0.148. The van der Waals surface area contributed by atoms with Crippen molar-refractivity contribution in [2.45, 2.75) is 13.5 Å². The summed E-state index contributed by atoms with van der Waals surface area (Å²) >= 11 is 0. The molecule has 3 rings (SSSR count). The second-order valence-electron chi connectivity index (χ2n) is 5.64. The number of aryl methyl sites for hydroxylation is 2. The van der Waals surface area contributed by atoms with Crippen LogP contribution in [0.5, 0.6) is 0 Å². The number of carbonyl (C=O) groups excluding carboxylic acids is 1. The van der Waals surface area contributed by atoms with Crippen LogP contribution in [0.25, 0.3) is 17.5 Å². The monoisotopic (exact) mass is 333 g/mol. The van der Waals surface area contributed by atoms with Gasteiger partial charge in [-0.15, -0.1) is 0 Å². The van der Waals surface area contributed by atoms with Gasteiger partial charge in [0.15, 0.2) is 0 Å². The van der Waals surface area contributed by atoms with Crippen LogP contribution in [0.2, 0.25) is 0 Å². The molecule has 2 aromatic heterocycles. The van der Waals surface area contributed by atoms with Gasteiger partial charge in [0.2, 0.25) is 5.91 Å². The van der Waals surface area contributed by atoms with E-state index in [2.05, 4.69) is 20.4 Å². The fourth-order valence-corrected chi connectivity index (χ4v) is 2.40. The minimum absolute atomic E-state index is 0.148. The molecule has 1 amide bonds. The van der Waals surface area contributed by atoms with Crippen LogP contribution in [-0.4, -0.2) is 25.7 Å². The third kappa shape index (κ3) is 4.17. The van der Waals surface area contributed by atoms with Crippen LogP contribution in [0, 0.1) is 6.92 Å². The lowest BCUT2D eigenvalue weighted by Gasteiger charge is -2.03. The van der Waals surface area contributed by atoms with Crippen LogP contribution in [0.4, 0.5) is 0 Å². The number of nitrogens with zero attached hydrogens (tertiary/aromatic N) is 4. The Morgan fingerprint density at radius 2 is 2.08 bits per heavy atom. The van der Waals surface area contributed by atoms with Gasteiger partial charge in [0.05, 0.1) is 18.4 Å². The molecule has 1 N–H and O–H groups in total. The summed E-state index contributed by atoms with van der Waals surface area (Å²) in [7, 11) is 1.84. The third-order valence-corrected chi connectivity index (χ3v) is 3.85.